The number of carbonyl (C=O) groups is 1. The van der Waals surface area contributed by atoms with Crippen molar-refractivity contribution in [2.24, 2.45) is 0 Å². The number of ether oxygens (including phenoxy) is 1. The molecule has 0 saturated heterocycles. The third-order valence-corrected chi connectivity index (χ3v) is 6.11. The number of aryl methyl sites for hydroxylation is 1. The molecule has 1 spiro atoms. The summed E-state index contributed by atoms with van der Waals surface area (Å²) in [5.74, 6) is 0.416. The minimum atomic E-state index is -1.12. The van der Waals surface area contributed by atoms with Crippen molar-refractivity contribution in [3.05, 3.63) is 58.7 Å². The zero-order valence-electron chi connectivity index (χ0n) is 15.7. The Morgan fingerprint density at radius 1 is 1.23 bits per heavy atom. The van der Waals surface area contributed by atoms with E-state index in [0.717, 1.165) is 28.9 Å². The largest absolute Gasteiger partial charge is 0.345 e. The molecule has 4 heteroatoms. The summed E-state index contributed by atoms with van der Waals surface area (Å²) in [7, 11) is 0. The summed E-state index contributed by atoms with van der Waals surface area (Å²) in [5.41, 5.74) is 5.15. The van der Waals surface area contributed by atoms with Crippen LogP contribution in [0.15, 0.2) is 36.4 Å². The molecule has 2 atom stereocenters. The lowest BCUT2D eigenvalue weighted by atomic mass is 9.79. The van der Waals surface area contributed by atoms with Gasteiger partial charge in [-0.2, -0.15) is 0 Å². The van der Waals surface area contributed by atoms with Crippen molar-refractivity contribution in [3.8, 4) is 0 Å². The summed E-state index contributed by atoms with van der Waals surface area (Å²) in [6, 6.07) is 12.4. The Labute approximate surface area is 154 Å². The van der Waals surface area contributed by atoms with Gasteiger partial charge in [0.05, 0.1) is 12.3 Å². The molecule has 0 aromatic heterocycles. The third-order valence-electron chi connectivity index (χ3n) is 6.11. The fourth-order valence-corrected chi connectivity index (χ4v) is 5.04. The van der Waals surface area contributed by atoms with E-state index >= 15 is 0 Å². The molecule has 1 N–H and O–H groups in total. The second kappa shape index (κ2) is 4.89. The van der Waals surface area contributed by atoms with Gasteiger partial charge in [-0.25, -0.2) is 0 Å². The van der Waals surface area contributed by atoms with Gasteiger partial charge in [-0.15, -0.1) is 0 Å². The SMILES string of the molecule is Cc1cc2c3c(c1)[C@]1(Nc4ccccc4CO1)C(=O)N3C(C)(C)C[C@@H]2C. The second-order valence-electron chi connectivity index (χ2n) is 8.56. The Morgan fingerprint density at radius 2 is 2.00 bits per heavy atom. The molecule has 26 heavy (non-hydrogen) atoms. The number of hydrogen-bond acceptors (Lipinski definition) is 3. The first-order chi connectivity index (χ1) is 12.3. The van der Waals surface area contributed by atoms with Crippen LogP contribution in [0.2, 0.25) is 0 Å². The fourth-order valence-electron chi connectivity index (χ4n) is 5.04. The summed E-state index contributed by atoms with van der Waals surface area (Å²) in [5, 5.41) is 3.46. The third kappa shape index (κ3) is 1.85. The number of carbonyl (C=O) groups excluding carboxylic acids is 1. The van der Waals surface area contributed by atoms with E-state index in [1.807, 2.05) is 29.2 Å². The molecule has 4 nitrogen and oxygen atoms in total. The monoisotopic (exact) mass is 348 g/mol. The first-order valence-corrected chi connectivity index (χ1v) is 9.33. The number of benzene rings is 2. The van der Waals surface area contributed by atoms with Gasteiger partial charge < -0.3 is 15.0 Å². The maximum absolute atomic E-state index is 13.7. The van der Waals surface area contributed by atoms with E-state index in [1.165, 1.54) is 11.1 Å². The molecule has 2 aromatic rings. The highest BCUT2D eigenvalue weighted by Crippen LogP contribution is 2.55. The summed E-state index contributed by atoms with van der Waals surface area (Å²) >= 11 is 0. The zero-order chi connectivity index (χ0) is 18.3. The molecule has 3 aliphatic rings. The smallest absolute Gasteiger partial charge is 0.285 e. The van der Waals surface area contributed by atoms with E-state index < -0.39 is 5.72 Å². The van der Waals surface area contributed by atoms with Crippen LogP contribution in [-0.2, 0) is 21.9 Å². The van der Waals surface area contributed by atoms with Gasteiger partial charge in [0.15, 0.2) is 0 Å². The van der Waals surface area contributed by atoms with E-state index in [4.69, 9.17) is 4.74 Å². The summed E-state index contributed by atoms with van der Waals surface area (Å²) < 4.78 is 6.29. The average Bonchev–Trinajstić information content (AvgIpc) is 2.82. The van der Waals surface area contributed by atoms with E-state index in [0.29, 0.717) is 12.5 Å². The number of fused-ring (bicyclic) bond motifs is 2. The van der Waals surface area contributed by atoms with E-state index in [1.54, 1.807) is 0 Å². The molecule has 0 bridgehead atoms. The molecule has 3 aliphatic heterocycles. The molecule has 5 rings (SSSR count). The molecule has 0 saturated carbocycles. The summed E-state index contributed by atoms with van der Waals surface area (Å²) in [4.78, 5) is 15.7. The van der Waals surface area contributed by atoms with Crippen LogP contribution < -0.4 is 10.2 Å². The minimum absolute atomic E-state index is 0.00533. The van der Waals surface area contributed by atoms with Crippen molar-refractivity contribution >= 4 is 17.3 Å². The molecule has 0 unspecified atom stereocenters. The number of para-hydroxylation sites is 1. The minimum Gasteiger partial charge on any atom is -0.345 e. The molecule has 1 amide bonds. The Hall–Kier alpha value is -2.33. The van der Waals surface area contributed by atoms with Crippen molar-refractivity contribution in [3.63, 3.8) is 0 Å². The van der Waals surface area contributed by atoms with Crippen molar-refractivity contribution in [1.82, 2.24) is 0 Å². The predicted octanol–water partition coefficient (Wildman–Crippen LogP) is 4.42. The van der Waals surface area contributed by atoms with E-state index in [9.17, 15) is 4.79 Å². The zero-order valence-corrected chi connectivity index (χ0v) is 15.7. The van der Waals surface area contributed by atoms with Crippen molar-refractivity contribution in [2.75, 3.05) is 10.2 Å². The normalized spacial score (nSPS) is 27.9. The Bertz CT molecular complexity index is 949. The number of nitrogens with one attached hydrogen (secondary N) is 1. The van der Waals surface area contributed by atoms with Gasteiger partial charge in [-0.05, 0) is 50.8 Å². The van der Waals surface area contributed by atoms with Gasteiger partial charge in [-0.1, -0.05) is 36.8 Å². The van der Waals surface area contributed by atoms with Crippen LogP contribution >= 0.6 is 0 Å². The highest BCUT2D eigenvalue weighted by Gasteiger charge is 2.59. The van der Waals surface area contributed by atoms with Crippen LogP contribution in [0.4, 0.5) is 11.4 Å². The van der Waals surface area contributed by atoms with E-state index in [2.05, 4.69) is 45.1 Å². The molecular formula is C22H24N2O2. The first kappa shape index (κ1) is 15.9. The Balaban J connectivity index is 1.77. The Morgan fingerprint density at radius 3 is 2.81 bits per heavy atom. The predicted molar refractivity (Wildman–Crippen MR) is 102 cm³/mol. The molecule has 3 heterocycles. The highest BCUT2D eigenvalue weighted by atomic mass is 16.5. The molecule has 0 aliphatic carbocycles. The van der Waals surface area contributed by atoms with Crippen LogP contribution in [0.3, 0.4) is 0 Å². The van der Waals surface area contributed by atoms with Crippen molar-refractivity contribution in [2.45, 2.75) is 57.9 Å². The van der Waals surface area contributed by atoms with Crippen LogP contribution in [0, 0.1) is 6.92 Å². The summed E-state index contributed by atoms with van der Waals surface area (Å²) in [6.07, 6.45) is 0.946. The van der Waals surface area contributed by atoms with Gasteiger partial charge in [0.1, 0.15) is 0 Å². The number of hydrogen-bond donors (Lipinski definition) is 1. The van der Waals surface area contributed by atoms with E-state index in [-0.39, 0.29) is 11.4 Å². The number of nitrogens with zero attached hydrogens (tertiary/aromatic N) is 1. The lowest BCUT2D eigenvalue weighted by Crippen LogP contribution is -2.56. The fraction of sp³-hybridized carbons (Fsp3) is 0.409. The van der Waals surface area contributed by atoms with Crippen molar-refractivity contribution in [1.29, 1.82) is 0 Å². The van der Waals surface area contributed by atoms with Gasteiger partial charge in [-0.3, -0.25) is 4.79 Å². The van der Waals surface area contributed by atoms with Crippen molar-refractivity contribution < 1.29 is 9.53 Å². The molecule has 134 valence electrons. The lowest BCUT2D eigenvalue weighted by Gasteiger charge is -2.44. The number of rotatable bonds is 0. The highest BCUT2D eigenvalue weighted by molar-refractivity contribution is 6.11. The van der Waals surface area contributed by atoms with Crippen LogP contribution in [0.25, 0.3) is 0 Å². The molecule has 0 fully saturated rings. The summed E-state index contributed by atoms with van der Waals surface area (Å²) in [6.45, 7) is 9.10. The van der Waals surface area contributed by atoms with Gasteiger partial charge in [0, 0.05) is 22.4 Å². The molecule has 2 aromatic carbocycles. The van der Waals surface area contributed by atoms with Crippen LogP contribution in [0.1, 0.15) is 55.4 Å². The second-order valence-corrected chi connectivity index (χ2v) is 8.56. The average molecular weight is 348 g/mol. The van der Waals surface area contributed by atoms with Crippen LogP contribution in [0.5, 0.6) is 0 Å². The maximum atomic E-state index is 13.7. The van der Waals surface area contributed by atoms with Gasteiger partial charge in [0.2, 0.25) is 5.72 Å². The first-order valence-electron chi connectivity index (χ1n) is 9.33. The van der Waals surface area contributed by atoms with Crippen LogP contribution in [-0.4, -0.2) is 11.4 Å². The van der Waals surface area contributed by atoms with Gasteiger partial charge >= 0.3 is 0 Å². The molecule has 0 radical (unpaired) electrons. The van der Waals surface area contributed by atoms with Gasteiger partial charge in [0.25, 0.3) is 5.91 Å². The quantitative estimate of drug-likeness (QED) is 0.766. The lowest BCUT2D eigenvalue weighted by molar-refractivity contribution is -0.143. The maximum Gasteiger partial charge on any atom is 0.285 e. The topological polar surface area (TPSA) is 41.6 Å². The Kier molecular flexibility index (Phi) is 2.99. The standard InChI is InChI=1S/C22H24N2O2/c1-13-9-16-14(2)11-21(3,4)24-19(16)17(10-13)22(20(24)25)23-18-8-6-5-7-15(18)12-26-22/h5-10,14,23H,11-12H2,1-4H3/t14-,22+/m0/s1. The number of anilines is 2. The number of amides is 1. The molecular weight excluding hydrogens is 324 g/mol.